The number of likely N-dealkylation sites (N-methyl/N-ethyl adjacent to an activating group) is 1. The molecule has 0 spiro atoms. The SMILES string of the molecule is CCOCCO[C@H](C)C(=O)N(CC)Cc1c(F)cccc1F. The molecule has 1 amide bonds. The molecule has 1 aromatic carbocycles. The van der Waals surface area contributed by atoms with Gasteiger partial charge < -0.3 is 14.4 Å². The molecule has 0 saturated heterocycles. The molecular weight excluding hydrogens is 292 g/mol. The van der Waals surface area contributed by atoms with E-state index < -0.39 is 17.7 Å². The number of hydrogen-bond acceptors (Lipinski definition) is 3. The Hall–Kier alpha value is -1.53. The first-order chi connectivity index (χ1) is 10.5. The first-order valence-electron chi connectivity index (χ1n) is 7.42. The van der Waals surface area contributed by atoms with Crippen LogP contribution in [0.3, 0.4) is 0 Å². The standard InChI is InChI=1S/C16H23F2NO3/c1-4-19(11-13-14(17)7-6-8-15(13)18)16(20)12(3)22-10-9-21-5-2/h6-8,12H,4-5,9-11H2,1-3H3/t12-/m1/s1. The number of rotatable bonds is 9. The van der Waals surface area contributed by atoms with Crippen LogP contribution in [0.4, 0.5) is 8.78 Å². The smallest absolute Gasteiger partial charge is 0.251 e. The van der Waals surface area contributed by atoms with Crippen LogP contribution in [0.2, 0.25) is 0 Å². The fourth-order valence-electron chi connectivity index (χ4n) is 1.98. The molecule has 1 rings (SSSR count). The molecule has 0 fully saturated rings. The van der Waals surface area contributed by atoms with Gasteiger partial charge in [0.15, 0.2) is 0 Å². The summed E-state index contributed by atoms with van der Waals surface area (Å²) >= 11 is 0. The Balaban J connectivity index is 2.64. The van der Waals surface area contributed by atoms with Crippen LogP contribution in [0, 0.1) is 11.6 Å². The number of amides is 1. The zero-order chi connectivity index (χ0) is 16.5. The largest absolute Gasteiger partial charge is 0.379 e. The van der Waals surface area contributed by atoms with E-state index in [1.165, 1.54) is 23.1 Å². The fourth-order valence-corrected chi connectivity index (χ4v) is 1.98. The van der Waals surface area contributed by atoms with Crippen molar-refractivity contribution >= 4 is 5.91 Å². The van der Waals surface area contributed by atoms with Crippen LogP contribution in [-0.4, -0.2) is 43.3 Å². The summed E-state index contributed by atoms with van der Waals surface area (Å²) in [5, 5.41) is 0. The van der Waals surface area contributed by atoms with Gasteiger partial charge in [-0.05, 0) is 32.9 Å². The predicted molar refractivity (Wildman–Crippen MR) is 79.4 cm³/mol. The van der Waals surface area contributed by atoms with Crippen LogP contribution in [0.5, 0.6) is 0 Å². The summed E-state index contributed by atoms with van der Waals surface area (Å²) in [6, 6.07) is 3.66. The van der Waals surface area contributed by atoms with Gasteiger partial charge in [0.05, 0.1) is 19.8 Å². The lowest BCUT2D eigenvalue weighted by Crippen LogP contribution is -2.39. The Bertz CT molecular complexity index is 462. The van der Waals surface area contributed by atoms with Crippen molar-refractivity contribution in [3.8, 4) is 0 Å². The Labute approximate surface area is 130 Å². The van der Waals surface area contributed by atoms with E-state index >= 15 is 0 Å². The Morgan fingerprint density at radius 3 is 2.41 bits per heavy atom. The van der Waals surface area contributed by atoms with Gasteiger partial charge >= 0.3 is 0 Å². The molecule has 0 heterocycles. The molecule has 0 unspecified atom stereocenters. The molecule has 1 atom stereocenters. The maximum atomic E-state index is 13.7. The molecule has 0 radical (unpaired) electrons. The van der Waals surface area contributed by atoms with Gasteiger partial charge in [-0.1, -0.05) is 6.07 Å². The number of halogens is 2. The predicted octanol–water partition coefficient (Wildman–Crippen LogP) is 2.75. The van der Waals surface area contributed by atoms with E-state index in [1.54, 1.807) is 13.8 Å². The van der Waals surface area contributed by atoms with Crippen LogP contribution < -0.4 is 0 Å². The third-order valence-electron chi connectivity index (χ3n) is 3.25. The molecule has 0 N–H and O–H groups in total. The summed E-state index contributed by atoms with van der Waals surface area (Å²) in [4.78, 5) is 13.6. The average Bonchev–Trinajstić information content (AvgIpc) is 2.50. The van der Waals surface area contributed by atoms with E-state index in [-0.39, 0.29) is 18.0 Å². The third kappa shape index (κ3) is 5.35. The first-order valence-corrected chi connectivity index (χ1v) is 7.42. The second kappa shape index (κ2) is 9.48. The van der Waals surface area contributed by atoms with Crippen LogP contribution in [-0.2, 0) is 20.8 Å². The molecule has 0 aromatic heterocycles. The van der Waals surface area contributed by atoms with Crippen molar-refractivity contribution in [2.45, 2.75) is 33.4 Å². The highest BCUT2D eigenvalue weighted by Crippen LogP contribution is 2.15. The van der Waals surface area contributed by atoms with E-state index in [0.29, 0.717) is 26.4 Å². The highest BCUT2D eigenvalue weighted by molar-refractivity contribution is 5.80. The van der Waals surface area contributed by atoms with Crippen molar-refractivity contribution in [2.75, 3.05) is 26.4 Å². The molecule has 6 heteroatoms. The van der Waals surface area contributed by atoms with Gasteiger partial charge in [-0.3, -0.25) is 4.79 Å². The summed E-state index contributed by atoms with van der Waals surface area (Å²) in [5.74, 6) is -1.62. The van der Waals surface area contributed by atoms with Crippen LogP contribution in [0.1, 0.15) is 26.3 Å². The van der Waals surface area contributed by atoms with Crippen LogP contribution in [0.25, 0.3) is 0 Å². The van der Waals surface area contributed by atoms with Crippen molar-refractivity contribution in [3.63, 3.8) is 0 Å². The summed E-state index contributed by atoms with van der Waals surface area (Å²) < 4.78 is 37.9. The van der Waals surface area contributed by atoms with Gasteiger partial charge in [0, 0.05) is 18.7 Å². The monoisotopic (exact) mass is 315 g/mol. The minimum atomic E-state index is -0.685. The zero-order valence-corrected chi connectivity index (χ0v) is 13.3. The van der Waals surface area contributed by atoms with Crippen molar-refractivity contribution in [1.82, 2.24) is 4.90 Å². The molecule has 0 saturated carbocycles. The third-order valence-corrected chi connectivity index (χ3v) is 3.25. The zero-order valence-electron chi connectivity index (χ0n) is 13.3. The summed E-state index contributed by atoms with van der Waals surface area (Å²) in [6.07, 6.45) is -0.685. The van der Waals surface area contributed by atoms with E-state index in [2.05, 4.69) is 0 Å². The molecule has 1 aromatic rings. The normalized spacial score (nSPS) is 12.2. The van der Waals surface area contributed by atoms with Gasteiger partial charge in [-0.2, -0.15) is 0 Å². The summed E-state index contributed by atoms with van der Waals surface area (Å²) in [7, 11) is 0. The van der Waals surface area contributed by atoms with Crippen molar-refractivity contribution in [1.29, 1.82) is 0 Å². The minimum absolute atomic E-state index is 0.112. The van der Waals surface area contributed by atoms with Crippen molar-refractivity contribution in [2.24, 2.45) is 0 Å². The lowest BCUT2D eigenvalue weighted by molar-refractivity contribution is -0.144. The summed E-state index contributed by atoms with van der Waals surface area (Å²) in [5.41, 5.74) is -0.112. The molecule has 22 heavy (non-hydrogen) atoms. The number of carbonyl (C=O) groups excluding carboxylic acids is 1. The molecular formula is C16H23F2NO3. The number of benzene rings is 1. The molecule has 124 valence electrons. The average molecular weight is 315 g/mol. The quantitative estimate of drug-likeness (QED) is 0.658. The summed E-state index contributed by atoms with van der Waals surface area (Å²) in [6.45, 7) is 6.75. The maximum absolute atomic E-state index is 13.7. The Morgan fingerprint density at radius 2 is 1.86 bits per heavy atom. The van der Waals surface area contributed by atoms with E-state index in [4.69, 9.17) is 9.47 Å². The maximum Gasteiger partial charge on any atom is 0.251 e. The molecule has 0 aliphatic carbocycles. The van der Waals surface area contributed by atoms with Gasteiger partial charge in [-0.15, -0.1) is 0 Å². The highest BCUT2D eigenvalue weighted by atomic mass is 19.1. The second-order valence-electron chi connectivity index (χ2n) is 4.76. The van der Waals surface area contributed by atoms with E-state index in [0.717, 1.165) is 0 Å². The number of nitrogens with zero attached hydrogens (tertiary/aromatic N) is 1. The van der Waals surface area contributed by atoms with Gasteiger partial charge in [0.1, 0.15) is 17.7 Å². The molecule has 4 nitrogen and oxygen atoms in total. The minimum Gasteiger partial charge on any atom is -0.379 e. The lowest BCUT2D eigenvalue weighted by Gasteiger charge is -2.25. The van der Waals surface area contributed by atoms with E-state index in [9.17, 15) is 13.6 Å². The van der Waals surface area contributed by atoms with Gasteiger partial charge in [-0.25, -0.2) is 8.78 Å². The Morgan fingerprint density at radius 1 is 1.23 bits per heavy atom. The number of ether oxygens (including phenoxy) is 2. The highest BCUT2D eigenvalue weighted by Gasteiger charge is 2.22. The van der Waals surface area contributed by atoms with Crippen molar-refractivity contribution < 1.29 is 23.0 Å². The molecule has 0 aliphatic heterocycles. The Kier molecular flexibility index (Phi) is 7.98. The van der Waals surface area contributed by atoms with Crippen LogP contribution >= 0.6 is 0 Å². The van der Waals surface area contributed by atoms with Gasteiger partial charge in [0.25, 0.3) is 5.91 Å². The lowest BCUT2D eigenvalue weighted by atomic mass is 10.1. The molecule has 0 aliphatic rings. The van der Waals surface area contributed by atoms with Gasteiger partial charge in [0.2, 0.25) is 0 Å². The first kappa shape index (κ1) is 18.5. The topological polar surface area (TPSA) is 38.8 Å². The fraction of sp³-hybridized carbons (Fsp3) is 0.562. The van der Waals surface area contributed by atoms with E-state index in [1.807, 2.05) is 6.92 Å². The number of hydrogen-bond donors (Lipinski definition) is 0. The van der Waals surface area contributed by atoms with Crippen molar-refractivity contribution in [3.05, 3.63) is 35.4 Å². The number of carbonyl (C=O) groups is 1. The second-order valence-corrected chi connectivity index (χ2v) is 4.76. The van der Waals surface area contributed by atoms with Crippen LogP contribution in [0.15, 0.2) is 18.2 Å². The molecule has 0 bridgehead atoms.